The predicted octanol–water partition coefficient (Wildman–Crippen LogP) is 3.62. The van der Waals surface area contributed by atoms with E-state index in [1.165, 1.54) is 6.92 Å². The third-order valence-electron chi connectivity index (χ3n) is 4.77. The Morgan fingerprint density at radius 1 is 1.30 bits per heavy atom. The fourth-order valence-electron chi connectivity index (χ4n) is 3.14. The van der Waals surface area contributed by atoms with Crippen LogP contribution in [-0.4, -0.2) is 28.9 Å². The van der Waals surface area contributed by atoms with E-state index in [1.807, 2.05) is 32.0 Å². The van der Waals surface area contributed by atoms with Crippen LogP contribution in [0.4, 0.5) is 11.5 Å². The molecule has 0 bridgehead atoms. The van der Waals surface area contributed by atoms with Gasteiger partial charge in [0.2, 0.25) is 0 Å². The zero-order valence-electron chi connectivity index (χ0n) is 16.2. The lowest BCUT2D eigenvalue weighted by Crippen LogP contribution is -2.61. The molecule has 6 nitrogen and oxygen atoms in total. The Morgan fingerprint density at radius 3 is 2.78 bits per heavy atom. The fraction of sp³-hybridized carbons (Fsp3) is 0.381. The number of carbonyl (C=O) groups excluding carboxylic acids is 2. The zero-order chi connectivity index (χ0) is 19.6. The summed E-state index contributed by atoms with van der Waals surface area (Å²) in [5, 5.41) is 2.85. The van der Waals surface area contributed by atoms with Crippen molar-refractivity contribution in [1.29, 1.82) is 0 Å². The maximum absolute atomic E-state index is 13.2. The molecule has 27 heavy (non-hydrogen) atoms. The second-order valence-corrected chi connectivity index (χ2v) is 7.04. The molecule has 1 aromatic carbocycles. The number of rotatable bonds is 5. The number of pyridine rings is 1. The molecule has 1 aromatic heterocycles. The largest absolute Gasteiger partial charge is 0.464 e. The third-order valence-corrected chi connectivity index (χ3v) is 4.77. The fourth-order valence-corrected chi connectivity index (χ4v) is 3.14. The minimum Gasteiger partial charge on any atom is -0.464 e. The normalized spacial score (nSPS) is 18.7. The van der Waals surface area contributed by atoms with Gasteiger partial charge < -0.3 is 10.1 Å². The molecular weight excluding hydrogens is 342 g/mol. The first-order valence-electron chi connectivity index (χ1n) is 9.21. The lowest BCUT2D eigenvalue weighted by atomic mass is 10.00. The highest BCUT2D eigenvalue weighted by Crippen LogP contribution is 2.36. The monoisotopic (exact) mass is 367 g/mol. The second-order valence-electron chi connectivity index (χ2n) is 7.04. The lowest BCUT2D eigenvalue weighted by molar-refractivity contribution is -0.145. The summed E-state index contributed by atoms with van der Waals surface area (Å²) in [6.07, 6.45) is 3.36. The van der Waals surface area contributed by atoms with Crippen molar-refractivity contribution in [1.82, 2.24) is 4.98 Å². The van der Waals surface area contributed by atoms with E-state index >= 15 is 0 Å². The molecule has 0 fully saturated rings. The number of hydrogen-bond acceptors (Lipinski definition) is 4. The molecule has 2 aromatic rings. The average molecular weight is 367 g/mol. The van der Waals surface area contributed by atoms with Gasteiger partial charge in [-0.05, 0) is 51.0 Å². The van der Waals surface area contributed by atoms with Crippen molar-refractivity contribution in [3.05, 3.63) is 47.7 Å². The van der Waals surface area contributed by atoms with Crippen LogP contribution in [0.5, 0.6) is 5.75 Å². The van der Waals surface area contributed by atoms with Gasteiger partial charge in [0.15, 0.2) is 11.6 Å². The van der Waals surface area contributed by atoms with Crippen molar-refractivity contribution < 1.29 is 14.3 Å². The smallest absolute Gasteiger partial charge is 0.282 e. The summed E-state index contributed by atoms with van der Waals surface area (Å²) >= 11 is 0. The molecule has 142 valence electrons. The molecule has 0 saturated heterocycles. The van der Waals surface area contributed by atoms with Crippen molar-refractivity contribution in [3.8, 4) is 5.75 Å². The summed E-state index contributed by atoms with van der Waals surface area (Å²) in [6.45, 7) is 7.97. The maximum atomic E-state index is 13.2. The lowest BCUT2D eigenvalue weighted by Gasteiger charge is -2.38. The van der Waals surface area contributed by atoms with Crippen LogP contribution in [-0.2, 0) is 9.59 Å². The van der Waals surface area contributed by atoms with Gasteiger partial charge in [0.1, 0.15) is 0 Å². The van der Waals surface area contributed by atoms with Gasteiger partial charge in [0.05, 0.1) is 0 Å². The molecule has 0 saturated carbocycles. The number of carbonyl (C=O) groups is 2. The van der Waals surface area contributed by atoms with E-state index in [4.69, 9.17) is 4.74 Å². The van der Waals surface area contributed by atoms with E-state index in [-0.39, 0.29) is 0 Å². The molecule has 2 heterocycles. The Hall–Kier alpha value is -2.89. The molecule has 0 spiro atoms. The van der Waals surface area contributed by atoms with E-state index in [1.54, 1.807) is 23.2 Å². The van der Waals surface area contributed by atoms with E-state index in [2.05, 4.69) is 17.2 Å². The van der Waals surface area contributed by atoms with Crippen LogP contribution < -0.4 is 15.0 Å². The number of benzene rings is 1. The molecule has 1 aliphatic rings. The Morgan fingerprint density at radius 2 is 2.07 bits per heavy atom. The summed E-state index contributed by atoms with van der Waals surface area (Å²) in [4.78, 5) is 32.1. The highest BCUT2D eigenvalue weighted by atomic mass is 16.5. The summed E-state index contributed by atoms with van der Waals surface area (Å²) in [5.41, 5.74) is 1.05. The third kappa shape index (κ3) is 3.52. The highest BCUT2D eigenvalue weighted by Gasteiger charge is 2.51. The number of ether oxygens (including phenoxy) is 1. The van der Waals surface area contributed by atoms with Crippen LogP contribution >= 0.6 is 0 Å². The quantitative estimate of drug-likeness (QED) is 0.820. The number of hydrogen-bond donors (Lipinski definition) is 1. The van der Waals surface area contributed by atoms with E-state index in [0.29, 0.717) is 23.8 Å². The number of aryl methyl sites for hydroxylation is 2. The minimum atomic E-state index is -1.65. The van der Waals surface area contributed by atoms with Gasteiger partial charge in [0.25, 0.3) is 17.4 Å². The van der Waals surface area contributed by atoms with Crippen LogP contribution in [0.3, 0.4) is 0 Å². The predicted molar refractivity (Wildman–Crippen MR) is 105 cm³/mol. The number of anilines is 2. The molecule has 0 radical (unpaired) electrons. The van der Waals surface area contributed by atoms with Gasteiger partial charge in [0, 0.05) is 18.4 Å². The molecule has 1 aliphatic heterocycles. The zero-order valence-corrected chi connectivity index (χ0v) is 16.2. The van der Waals surface area contributed by atoms with Crippen LogP contribution in [0.2, 0.25) is 0 Å². The Kier molecular flexibility index (Phi) is 5.17. The first-order chi connectivity index (χ1) is 12.9. The van der Waals surface area contributed by atoms with Gasteiger partial charge >= 0.3 is 0 Å². The highest BCUT2D eigenvalue weighted by molar-refractivity contribution is 6.19. The van der Waals surface area contributed by atoms with Gasteiger partial charge in [-0.25, -0.2) is 4.98 Å². The summed E-state index contributed by atoms with van der Waals surface area (Å²) < 4.78 is 5.87. The molecule has 2 amide bonds. The van der Waals surface area contributed by atoms with Crippen molar-refractivity contribution in [2.75, 3.05) is 16.8 Å². The van der Waals surface area contributed by atoms with Crippen LogP contribution in [0.25, 0.3) is 0 Å². The average Bonchev–Trinajstić information content (AvgIpc) is 2.64. The number of unbranched alkanes of at least 4 members (excludes halogenated alkanes) is 1. The first kappa shape index (κ1) is 18.9. The molecule has 3 rings (SSSR count). The Labute approximate surface area is 159 Å². The van der Waals surface area contributed by atoms with E-state index in [0.717, 1.165) is 24.0 Å². The maximum Gasteiger partial charge on any atom is 0.282 e. The van der Waals surface area contributed by atoms with E-state index < -0.39 is 17.4 Å². The topological polar surface area (TPSA) is 71.5 Å². The van der Waals surface area contributed by atoms with Crippen molar-refractivity contribution in [3.63, 3.8) is 0 Å². The van der Waals surface area contributed by atoms with Crippen molar-refractivity contribution >= 4 is 23.3 Å². The number of nitrogens with zero attached hydrogens (tertiary/aromatic N) is 2. The molecule has 0 aliphatic carbocycles. The summed E-state index contributed by atoms with van der Waals surface area (Å²) in [5.74, 6) is 0.0130. The number of fused-ring (bicyclic) bond motifs is 1. The van der Waals surface area contributed by atoms with Crippen LogP contribution in [0.15, 0.2) is 36.5 Å². The number of nitrogens with one attached hydrogen (secondary N) is 1. The van der Waals surface area contributed by atoms with Gasteiger partial charge in [-0.3, -0.25) is 14.5 Å². The summed E-state index contributed by atoms with van der Waals surface area (Å²) in [6, 6.07) is 9.20. The van der Waals surface area contributed by atoms with Crippen molar-refractivity contribution in [2.24, 2.45) is 0 Å². The Balaban J connectivity index is 1.93. The second kappa shape index (κ2) is 7.39. The SMILES string of the molecule is CCCCN1C(=O)[C@](C)(C(=O)Nc2ccc(C)cc2C)Oc2cccnc21. The minimum absolute atomic E-state index is 0.399. The van der Waals surface area contributed by atoms with Gasteiger partial charge in [-0.2, -0.15) is 0 Å². The molecule has 6 heteroatoms. The van der Waals surface area contributed by atoms with Crippen LogP contribution in [0.1, 0.15) is 37.8 Å². The number of aromatic nitrogens is 1. The van der Waals surface area contributed by atoms with Gasteiger partial charge in [-0.1, -0.05) is 31.0 Å². The van der Waals surface area contributed by atoms with Crippen molar-refractivity contribution in [2.45, 2.75) is 46.1 Å². The van der Waals surface area contributed by atoms with E-state index in [9.17, 15) is 9.59 Å². The summed E-state index contributed by atoms with van der Waals surface area (Å²) in [7, 11) is 0. The number of amides is 2. The molecule has 1 N–H and O–H groups in total. The molecular formula is C21H25N3O3. The Bertz CT molecular complexity index is 881. The molecule has 1 atom stereocenters. The first-order valence-corrected chi connectivity index (χ1v) is 9.21. The molecule has 0 unspecified atom stereocenters. The van der Waals surface area contributed by atoms with Gasteiger partial charge in [-0.15, -0.1) is 0 Å². The van der Waals surface area contributed by atoms with Crippen LogP contribution in [0, 0.1) is 13.8 Å². The standard InChI is InChI=1S/C21H25N3O3/c1-5-6-12-24-18-17(8-7-11-22-18)27-21(4,20(24)26)19(25)23-16-10-9-14(2)13-15(16)3/h7-11,13H,5-6,12H2,1-4H3,(H,23,25)/t21-/m0/s1.